The molecule has 1 aliphatic heterocycles. The van der Waals surface area contributed by atoms with Gasteiger partial charge in [0, 0.05) is 22.7 Å². The van der Waals surface area contributed by atoms with Crippen LogP contribution >= 0.6 is 11.6 Å². The predicted octanol–water partition coefficient (Wildman–Crippen LogP) is 6.63. The molecule has 0 aromatic heterocycles. The van der Waals surface area contributed by atoms with Gasteiger partial charge in [0.05, 0.1) is 17.4 Å². The molecular formula is C26H23ClN2O. The van der Waals surface area contributed by atoms with Gasteiger partial charge >= 0.3 is 0 Å². The Labute approximate surface area is 181 Å². The van der Waals surface area contributed by atoms with Crippen LogP contribution < -0.4 is 10.6 Å². The summed E-state index contributed by atoms with van der Waals surface area (Å²) >= 11 is 6.58. The van der Waals surface area contributed by atoms with Gasteiger partial charge in [-0.15, -0.1) is 0 Å². The van der Waals surface area contributed by atoms with Crippen LogP contribution in [0.25, 0.3) is 0 Å². The molecule has 2 aliphatic rings. The first-order valence-electron chi connectivity index (χ1n) is 10.3. The number of rotatable bonds is 2. The normalized spacial score (nSPS) is 20.5. The SMILES string of the molecule is Cc1ccc2c(c1)N[C@@H](c1ccccc1Cl)C1=C(C[C@@H](c3ccccc3)CC1=O)N2. The van der Waals surface area contributed by atoms with E-state index in [2.05, 4.69) is 47.9 Å². The highest BCUT2D eigenvalue weighted by Crippen LogP contribution is 2.45. The lowest BCUT2D eigenvalue weighted by Gasteiger charge is -2.30. The molecule has 150 valence electrons. The fraction of sp³-hybridized carbons (Fsp3) is 0.192. The number of fused-ring (bicyclic) bond motifs is 1. The number of hydrogen-bond acceptors (Lipinski definition) is 3. The fourth-order valence-corrected chi connectivity index (χ4v) is 4.81. The van der Waals surface area contributed by atoms with Crippen molar-refractivity contribution < 1.29 is 4.79 Å². The van der Waals surface area contributed by atoms with Crippen molar-refractivity contribution in [2.75, 3.05) is 10.6 Å². The Balaban J connectivity index is 1.65. The number of allylic oxidation sites excluding steroid dienone is 1. The highest BCUT2D eigenvalue weighted by molar-refractivity contribution is 6.31. The smallest absolute Gasteiger partial charge is 0.163 e. The van der Waals surface area contributed by atoms with Crippen molar-refractivity contribution in [3.05, 3.63) is 106 Å². The monoisotopic (exact) mass is 414 g/mol. The van der Waals surface area contributed by atoms with Gasteiger partial charge in [-0.2, -0.15) is 0 Å². The van der Waals surface area contributed by atoms with Gasteiger partial charge in [0.1, 0.15) is 0 Å². The lowest BCUT2D eigenvalue weighted by atomic mass is 9.78. The molecule has 0 fully saturated rings. The molecule has 1 aliphatic carbocycles. The van der Waals surface area contributed by atoms with Crippen LogP contribution in [0, 0.1) is 6.92 Å². The minimum absolute atomic E-state index is 0.166. The van der Waals surface area contributed by atoms with Gasteiger partial charge < -0.3 is 10.6 Å². The third-order valence-electron chi connectivity index (χ3n) is 6.04. The minimum atomic E-state index is -0.284. The zero-order valence-electron chi connectivity index (χ0n) is 16.8. The molecule has 2 N–H and O–H groups in total. The zero-order valence-corrected chi connectivity index (χ0v) is 17.5. The number of aryl methyl sites for hydroxylation is 1. The average Bonchev–Trinajstić information content (AvgIpc) is 2.91. The summed E-state index contributed by atoms with van der Waals surface area (Å²) in [6.45, 7) is 2.07. The van der Waals surface area contributed by atoms with Crippen LogP contribution in [0.2, 0.25) is 5.02 Å². The first kappa shape index (κ1) is 19.0. The molecule has 0 amide bonds. The van der Waals surface area contributed by atoms with E-state index in [1.54, 1.807) is 0 Å². The van der Waals surface area contributed by atoms with Crippen LogP contribution in [0.15, 0.2) is 84.1 Å². The molecule has 0 radical (unpaired) electrons. The largest absolute Gasteiger partial charge is 0.372 e. The summed E-state index contributed by atoms with van der Waals surface area (Å²) in [4.78, 5) is 13.5. The molecule has 4 heteroatoms. The molecule has 1 heterocycles. The molecular weight excluding hydrogens is 392 g/mol. The van der Waals surface area contributed by atoms with Gasteiger partial charge in [0.2, 0.25) is 0 Å². The molecule has 30 heavy (non-hydrogen) atoms. The van der Waals surface area contributed by atoms with Crippen LogP contribution in [0.4, 0.5) is 11.4 Å². The maximum atomic E-state index is 13.5. The number of carbonyl (C=O) groups excluding carboxylic acids is 1. The van der Waals surface area contributed by atoms with Gasteiger partial charge in [-0.1, -0.05) is 66.2 Å². The van der Waals surface area contributed by atoms with Gasteiger partial charge in [0.15, 0.2) is 5.78 Å². The Morgan fingerprint density at radius 2 is 1.67 bits per heavy atom. The molecule has 0 unspecified atom stereocenters. The number of hydrogen-bond donors (Lipinski definition) is 2. The van der Waals surface area contributed by atoms with Crippen LogP contribution in [-0.2, 0) is 4.79 Å². The molecule has 3 nitrogen and oxygen atoms in total. The van der Waals surface area contributed by atoms with Gasteiger partial charge in [0.25, 0.3) is 0 Å². The van der Waals surface area contributed by atoms with E-state index < -0.39 is 0 Å². The van der Waals surface area contributed by atoms with Crippen molar-refractivity contribution in [1.29, 1.82) is 0 Å². The van der Waals surface area contributed by atoms with E-state index in [1.165, 1.54) is 5.56 Å². The van der Waals surface area contributed by atoms with Crippen molar-refractivity contribution in [2.24, 2.45) is 0 Å². The second-order valence-electron chi connectivity index (χ2n) is 8.10. The van der Waals surface area contributed by atoms with Crippen LogP contribution in [0.1, 0.15) is 41.5 Å². The van der Waals surface area contributed by atoms with E-state index in [-0.39, 0.29) is 17.7 Å². The Morgan fingerprint density at radius 3 is 2.47 bits per heavy atom. The number of anilines is 2. The zero-order chi connectivity index (χ0) is 20.7. The fourth-order valence-electron chi connectivity index (χ4n) is 4.56. The van der Waals surface area contributed by atoms with Crippen molar-refractivity contribution in [3.8, 4) is 0 Å². The van der Waals surface area contributed by atoms with E-state index in [0.717, 1.165) is 40.2 Å². The van der Waals surface area contributed by atoms with E-state index >= 15 is 0 Å². The van der Waals surface area contributed by atoms with Crippen molar-refractivity contribution in [1.82, 2.24) is 0 Å². The highest BCUT2D eigenvalue weighted by Gasteiger charge is 2.36. The molecule has 2 atom stereocenters. The van der Waals surface area contributed by atoms with Gasteiger partial charge in [-0.3, -0.25) is 4.79 Å². The number of halogens is 1. The number of carbonyl (C=O) groups is 1. The van der Waals surface area contributed by atoms with Crippen LogP contribution in [0.5, 0.6) is 0 Å². The van der Waals surface area contributed by atoms with Gasteiger partial charge in [-0.05, 0) is 54.2 Å². The number of ketones is 1. The first-order chi connectivity index (χ1) is 14.6. The molecule has 0 bridgehead atoms. The van der Waals surface area contributed by atoms with E-state index in [0.29, 0.717) is 11.4 Å². The maximum Gasteiger partial charge on any atom is 0.163 e. The summed E-state index contributed by atoms with van der Waals surface area (Å²) in [6.07, 6.45) is 1.30. The van der Waals surface area contributed by atoms with Crippen molar-refractivity contribution in [2.45, 2.75) is 31.7 Å². The Morgan fingerprint density at radius 1 is 0.900 bits per heavy atom. The average molecular weight is 415 g/mol. The Kier molecular flexibility index (Phi) is 4.84. The molecule has 3 aromatic rings. The third kappa shape index (κ3) is 3.40. The quantitative estimate of drug-likeness (QED) is 0.494. The van der Waals surface area contributed by atoms with Crippen LogP contribution in [-0.4, -0.2) is 5.78 Å². The van der Waals surface area contributed by atoms with E-state index in [9.17, 15) is 4.79 Å². The second kappa shape index (κ2) is 7.66. The van der Waals surface area contributed by atoms with Gasteiger partial charge in [-0.25, -0.2) is 0 Å². The van der Waals surface area contributed by atoms with Crippen molar-refractivity contribution in [3.63, 3.8) is 0 Å². The third-order valence-corrected chi connectivity index (χ3v) is 6.39. The topological polar surface area (TPSA) is 41.1 Å². The minimum Gasteiger partial charge on any atom is -0.372 e. The maximum absolute atomic E-state index is 13.5. The van der Waals surface area contributed by atoms with Crippen molar-refractivity contribution >= 4 is 28.8 Å². The van der Waals surface area contributed by atoms with E-state index in [1.807, 2.05) is 42.5 Å². The lowest BCUT2D eigenvalue weighted by molar-refractivity contribution is -0.116. The predicted molar refractivity (Wildman–Crippen MR) is 123 cm³/mol. The summed E-state index contributed by atoms with van der Waals surface area (Å²) in [7, 11) is 0. The standard InChI is InChI=1S/C26H23ClN2O/c1-16-11-12-21-22(13-16)29-26(19-9-5-6-10-20(19)27)25-23(28-21)14-18(15-24(25)30)17-7-3-2-4-8-17/h2-13,18,26,28-29H,14-15H2,1H3/t18-,26+/m1/s1. The number of nitrogens with one attached hydrogen (secondary N) is 2. The summed E-state index contributed by atoms with van der Waals surface area (Å²) in [5.41, 5.74) is 7.05. The second-order valence-corrected chi connectivity index (χ2v) is 8.51. The molecule has 3 aromatic carbocycles. The lowest BCUT2D eigenvalue weighted by Crippen LogP contribution is -2.27. The number of benzene rings is 3. The molecule has 0 spiro atoms. The van der Waals surface area contributed by atoms with Crippen LogP contribution in [0.3, 0.4) is 0 Å². The highest BCUT2D eigenvalue weighted by atomic mass is 35.5. The summed E-state index contributed by atoms with van der Waals surface area (Å²) in [5.74, 6) is 0.336. The first-order valence-corrected chi connectivity index (χ1v) is 10.7. The summed E-state index contributed by atoms with van der Waals surface area (Å²) < 4.78 is 0. The Hall–Kier alpha value is -3.04. The molecule has 0 saturated carbocycles. The summed E-state index contributed by atoms with van der Waals surface area (Å²) in [6, 6.07) is 24.1. The molecule has 0 saturated heterocycles. The number of Topliss-reactive ketones (excluding diaryl/α,β-unsaturated/α-hetero) is 1. The van der Waals surface area contributed by atoms with E-state index in [4.69, 9.17) is 11.6 Å². The summed E-state index contributed by atoms with van der Waals surface area (Å²) in [5, 5.41) is 7.87. The molecule has 5 rings (SSSR count). The Bertz CT molecular complexity index is 1150.